The van der Waals surface area contributed by atoms with Crippen molar-refractivity contribution in [2.45, 2.75) is 6.54 Å². The Kier molecular flexibility index (Phi) is 5.88. The highest BCUT2D eigenvalue weighted by Crippen LogP contribution is 2.18. The summed E-state index contributed by atoms with van der Waals surface area (Å²) in [5.41, 5.74) is 6.55. The second-order valence-corrected chi connectivity index (χ2v) is 5.91. The number of hydrogen-bond donors (Lipinski definition) is 2. The Morgan fingerprint density at radius 2 is 2.27 bits per heavy atom. The molecule has 0 fully saturated rings. The molecule has 0 atom stereocenters. The van der Waals surface area contributed by atoms with Gasteiger partial charge in [0.2, 0.25) is 0 Å². The van der Waals surface area contributed by atoms with Gasteiger partial charge >= 0.3 is 0 Å². The van der Waals surface area contributed by atoms with Crippen LogP contribution in [0.4, 0.5) is 5.69 Å². The lowest BCUT2D eigenvalue weighted by atomic mass is 10.3. The first-order chi connectivity index (χ1) is 10.6. The molecule has 0 bridgehead atoms. The highest BCUT2D eigenvalue weighted by atomic mass is 32.1. The van der Waals surface area contributed by atoms with Crippen molar-refractivity contribution in [3.8, 4) is 5.75 Å². The van der Waals surface area contributed by atoms with Crippen LogP contribution in [0.5, 0.6) is 5.75 Å². The third kappa shape index (κ3) is 4.80. The zero-order valence-corrected chi connectivity index (χ0v) is 13.5. The Balaban J connectivity index is 1.96. The average molecular weight is 320 g/mol. The van der Waals surface area contributed by atoms with E-state index in [0.29, 0.717) is 24.5 Å². The minimum atomic E-state index is -0.249. The maximum atomic E-state index is 12.1. The smallest absolute Gasteiger partial charge is 0.275 e. The van der Waals surface area contributed by atoms with Crippen LogP contribution in [0, 0.1) is 0 Å². The number of ether oxygens (including phenoxy) is 1. The quantitative estimate of drug-likeness (QED) is 0.813. The maximum absolute atomic E-state index is 12.1. The summed E-state index contributed by atoms with van der Waals surface area (Å²) in [6, 6.07) is 7.31. The van der Waals surface area contributed by atoms with Crippen LogP contribution in [0.25, 0.3) is 0 Å². The number of nitrogens with two attached hydrogens (primary N) is 1. The number of nitrogens with zero attached hydrogens (tertiary/aromatic N) is 2. The monoisotopic (exact) mass is 320 g/mol. The number of hydrogen-bond acceptors (Lipinski definition) is 6. The molecule has 2 aromatic rings. The predicted octanol–water partition coefficient (Wildman–Crippen LogP) is 1.79. The molecule has 0 saturated carbocycles. The van der Waals surface area contributed by atoms with Gasteiger partial charge in [-0.15, -0.1) is 11.3 Å². The minimum absolute atomic E-state index is 0.249. The molecule has 0 aliphatic carbocycles. The fraction of sp³-hybridized carbons (Fsp3) is 0.333. The van der Waals surface area contributed by atoms with Crippen molar-refractivity contribution in [2.24, 2.45) is 5.73 Å². The number of thiazole rings is 1. The molecular formula is C15H20N4O2S. The summed E-state index contributed by atoms with van der Waals surface area (Å²) in [7, 11) is 3.98. The number of carbonyl (C=O) groups excluding carboxylic acids is 1. The summed E-state index contributed by atoms with van der Waals surface area (Å²) in [4.78, 5) is 18.3. The fourth-order valence-corrected chi connectivity index (χ4v) is 2.37. The first-order valence-corrected chi connectivity index (χ1v) is 7.80. The van der Waals surface area contributed by atoms with Crippen LogP contribution in [0.2, 0.25) is 0 Å². The number of nitrogens with one attached hydrogen (secondary N) is 1. The molecule has 0 aliphatic heterocycles. The predicted molar refractivity (Wildman–Crippen MR) is 88.4 cm³/mol. The number of aromatic nitrogens is 1. The summed E-state index contributed by atoms with van der Waals surface area (Å²) in [6.45, 7) is 1.76. The van der Waals surface area contributed by atoms with Crippen LogP contribution in [0.1, 0.15) is 15.5 Å². The first-order valence-electron chi connectivity index (χ1n) is 6.92. The Morgan fingerprint density at radius 3 is 2.95 bits per heavy atom. The molecule has 22 heavy (non-hydrogen) atoms. The molecule has 0 spiro atoms. The summed E-state index contributed by atoms with van der Waals surface area (Å²) in [5, 5.41) is 5.25. The van der Waals surface area contributed by atoms with E-state index < -0.39 is 0 Å². The molecular weight excluding hydrogens is 300 g/mol. The Morgan fingerprint density at radius 1 is 1.45 bits per heavy atom. The van der Waals surface area contributed by atoms with Crippen molar-refractivity contribution < 1.29 is 9.53 Å². The molecule has 1 aromatic heterocycles. The van der Waals surface area contributed by atoms with Crippen molar-refractivity contribution in [1.29, 1.82) is 0 Å². The van der Waals surface area contributed by atoms with Crippen molar-refractivity contribution >= 4 is 22.9 Å². The highest BCUT2D eigenvalue weighted by Gasteiger charge is 2.10. The lowest BCUT2D eigenvalue weighted by molar-refractivity contribution is 0.102. The van der Waals surface area contributed by atoms with Crippen LogP contribution in [0.15, 0.2) is 29.6 Å². The van der Waals surface area contributed by atoms with E-state index in [1.165, 1.54) is 11.3 Å². The number of likely N-dealkylation sites (N-methyl/N-ethyl adjacent to an activating group) is 1. The van der Waals surface area contributed by atoms with E-state index in [1.54, 1.807) is 11.4 Å². The van der Waals surface area contributed by atoms with Crippen molar-refractivity contribution in [2.75, 3.05) is 32.6 Å². The van der Waals surface area contributed by atoms with Crippen molar-refractivity contribution in [3.63, 3.8) is 0 Å². The molecule has 118 valence electrons. The van der Waals surface area contributed by atoms with E-state index in [-0.39, 0.29) is 5.91 Å². The molecule has 0 radical (unpaired) electrons. The average Bonchev–Trinajstić information content (AvgIpc) is 2.96. The van der Waals surface area contributed by atoms with Crippen LogP contribution >= 0.6 is 11.3 Å². The Labute approximate surface area is 133 Å². The molecule has 1 aromatic carbocycles. The maximum Gasteiger partial charge on any atom is 0.275 e. The zero-order chi connectivity index (χ0) is 15.9. The SMILES string of the molecule is CN(C)CCOc1cccc(NC(=O)c2csc(CN)n2)c1. The second kappa shape index (κ2) is 7.88. The highest BCUT2D eigenvalue weighted by molar-refractivity contribution is 7.09. The van der Waals surface area contributed by atoms with Gasteiger partial charge in [-0.05, 0) is 26.2 Å². The summed E-state index contributed by atoms with van der Waals surface area (Å²) in [5.74, 6) is 0.474. The van der Waals surface area contributed by atoms with E-state index in [0.717, 1.165) is 17.3 Å². The summed E-state index contributed by atoms with van der Waals surface area (Å²) < 4.78 is 5.64. The topological polar surface area (TPSA) is 80.5 Å². The molecule has 3 N–H and O–H groups in total. The Bertz CT molecular complexity index is 628. The normalized spacial score (nSPS) is 10.7. The first kappa shape index (κ1) is 16.4. The summed E-state index contributed by atoms with van der Waals surface area (Å²) in [6.07, 6.45) is 0. The molecule has 7 heteroatoms. The minimum Gasteiger partial charge on any atom is -0.492 e. The number of benzene rings is 1. The van der Waals surface area contributed by atoms with Gasteiger partial charge < -0.3 is 20.7 Å². The molecule has 1 amide bonds. The van der Waals surface area contributed by atoms with Gasteiger partial charge in [-0.2, -0.15) is 0 Å². The number of rotatable bonds is 7. The number of anilines is 1. The van der Waals surface area contributed by atoms with Gasteiger partial charge in [-0.1, -0.05) is 6.07 Å². The van der Waals surface area contributed by atoms with Gasteiger partial charge in [0.15, 0.2) is 0 Å². The molecule has 6 nitrogen and oxygen atoms in total. The van der Waals surface area contributed by atoms with Crippen LogP contribution in [0.3, 0.4) is 0 Å². The van der Waals surface area contributed by atoms with Crippen LogP contribution < -0.4 is 15.8 Å². The van der Waals surface area contributed by atoms with Gasteiger partial charge in [-0.25, -0.2) is 4.98 Å². The lowest BCUT2D eigenvalue weighted by Gasteiger charge is -2.12. The molecule has 0 unspecified atom stereocenters. The molecule has 2 rings (SSSR count). The summed E-state index contributed by atoms with van der Waals surface area (Å²) >= 11 is 1.38. The van der Waals surface area contributed by atoms with Gasteiger partial charge in [0.05, 0.1) is 0 Å². The van der Waals surface area contributed by atoms with Gasteiger partial charge in [0.25, 0.3) is 5.91 Å². The van der Waals surface area contributed by atoms with E-state index >= 15 is 0 Å². The van der Waals surface area contributed by atoms with E-state index in [4.69, 9.17) is 10.5 Å². The van der Waals surface area contributed by atoms with E-state index in [2.05, 4.69) is 10.3 Å². The Hall–Kier alpha value is -1.96. The zero-order valence-electron chi connectivity index (χ0n) is 12.7. The number of amides is 1. The van der Waals surface area contributed by atoms with Crippen molar-refractivity contribution in [1.82, 2.24) is 9.88 Å². The third-order valence-electron chi connectivity index (χ3n) is 2.86. The van der Waals surface area contributed by atoms with Crippen LogP contribution in [-0.2, 0) is 6.54 Å². The molecule has 1 heterocycles. The second-order valence-electron chi connectivity index (χ2n) is 4.96. The number of carbonyl (C=O) groups is 1. The van der Waals surface area contributed by atoms with Crippen LogP contribution in [-0.4, -0.2) is 43.0 Å². The van der Waals surface area contributed by atoms with Crippen molar-refractivity contribution in [3.05, 3.63) is 40.3 Å². The third-order valence-corrected chi connectivity index (χ3v) is 3.73. The van der Waals surface area contributed by atoms with E-state index in [1.807, 2.05) is 37.2 Å². The van der Waals surface area contributed by atoms with Gasteiger partial charge in [0.1, 0.15) is 23.1 Å². The van der Waals surface area contributed by atoms with E-state index in [9.17, 15) is 4.79 Å². The largest absolute Gasteiger partial charge is 0.492 e. The fourth-order valence-electron chi connectivity index (χ4n) is 1.71. The standard InChI is InChI=1S/C15H20N4O2S/c1-19(2)6-7-21-12-5-3-4-11(8-12)17-15(20)13-10-22-14(9-16)18-13/h3-5,8,10H,6-7,9,16H2,1-2H3,(H,17,20). The lowest BCUT2D eigenvalue weighted by Crippen LogP contribution is -2.19. The van der Waals surface area contributed by atoms with Gasteiger partial charge in [-0.3, -0.25) is 4.79 Å². The molecule has 0 saturated heterocycles. The molecule has 0 aliphatic rings. The van der Waals surface area contributed by atoms with Gasteiger partial charge in [0, 0.05) is 30.2 Å².